The minimum Gasteiger partial charge on any atom is -0.779 e. The molecule has 1 atom stereocenters. The normalized spacial score (nSPS) is 14.5. The molecule has 158 valence electrons. The molecular formula is C21H46NO3P. The van der Waals surface area contributed by atoms with Crippen LogP contribution >= 0.6 is 7.60 Å². The molecule has 0 heterocycles. The summed E-state index contributed by atoms with van der Waals surface area (Å²) in [7, 11) is -4.10. The van der Waals surface area contributed by atoms with Crippen LogP contribution in [0.3, 0.4) is 0 Å². The molecule has 0 aliphatic rings. The quantitative estimate of drug-likeness (QED) is 0.180. The van der Waals surface area contributed by atoms with Crippen molar-refractivity contribution >= 4 is 7.60 Å². The van der Waals surface area contributed by atoms with E-state index in [0.717, 1.165) is 43.5 Å². The summed E-state index contributed by atoms with van der Waals surface area (Å²) in [6, 6.07) is 0. The first-order valence-electron chi connectivity index (χ1n) is 11.3. The van der Waals surface area contributed by atoms with E-state index in [9.17, 15) is 9.46 Å². The second-order valence-corrected chi connectivity index (χ2v) is 9.85. The van der Waals surface area contributed by atoms with Crippen molar-refractivity contribution in [3.63, 3.8) is 0 Å². The molecule has 0 rings (SSSR count). The van der Waals surface area contributed by atoms with Crippen LogP contribution in [-0.4, -0.2) is 41.7 Å². The minimum absolute atomic E-state index is 0.0710. The van der Waals surface area contributed by atoms with Gasteiger partial charge >= 0.3 is 0 Å². The number of quaternary nitrogens is 1. The average molecular weight is 392 g/mol. The van der Waals surface area contributed by atoms with Crippen molar-refractivity contribution in [3.05, 3.63) is 0 Å². The van der Waals surface area contributed by atoms with Gasteiger partial charge in [0.25, 0.3) is 0 Å². The lowest BCUT2D eigenvalue weighted by molar-refractivity contribution is -0.928. The zero-order valence-corrected chi connectivity index (χ0v) is 18.8. The maximum absolute atomic E-state index is 11.1. The predicted octanol–water partition coefficient (Wildman–Crippen LogP) is 5.48. The van der Waals surface area contributed by atoms with Crippen LogP contribution in [0.1, 0.15) is 104 Å². The second kappa shape index (κ2) is 16.1. The van der Waals surface area contributed by atoms with Crippen molar-refractivity contribution in [2.24, 2.45) is 0 Å². The topological polar surface area (TPSA) is 60.4 Å². The minimum atomic E-state index is -4.10. The molecule has 0 aromatic heterocycles. The summed E-state index contributed by atoms with van der Waals surface area (Å²) in [6.07, 6.45) is 16.3. The predicted molar refractivity (Wildman–Crippen MR) is 111 cm³/mol. The molecule has 0 saturated heterocycles. The SMILES string of the molecule is CCCCCCCCCCCC[N+](CCC)(CCC)CCCP(=O)([O-])O. The van der Waals surface area contributed by atoms with E-state index in [4.69, 9.17) is 4.89 Å². The van der Waals surface area contributed by atoms with Crippen LogP contribution in [0.4, 0.5) is 0 Å². The third-order valence-corrected chi connectivity index (χ3v) is 6.34. The van der Waals surface area contributed by atoms with Gasteiger partial charge in [-0.15, -0.1) is 0 Å². The van der Waals surface area contributed by atoms with E-state index in [1.54, 1.807) is 0 Å². The second-order valence-electron chi connectivity index (χ2n) is 8.13. The van der Waals surface area contributed by atoms with Crippen molar-refractivity contribution in [1.82, 2.24) is 0 Å². The Balaban J connectivity index is 4.08. The highest BCUT2D eigenvalue weighted by atomic mass is 31.2. The lowest BCUT2D eigenvalue weighted by Gasteiger charge is -2.39. The van der Waals surface area contributed by atoms with Gasteiger partial charge in [-0.05, 0) is 25.7 Å². The third kappa shape index (κ3) is 15.2. The van der Waals surface area contributed by atoms with Crippen LogP contribution in [0, 0.1) is 0 Å². The molecular weight excluding hydrogens is 345 g/mol. The number of hydrogen-bond acceptors (Lipinski definition) is 2. The summed E-state index contributed by atoms with van der Waals surface area (Å²) in [5, 5.41) is 0. The van der Waals surface area contributed by atoms with E-state index < -0.39 is 7.60 Å². The summed E-state index contributed by atoms with van der Waals surface area (Å²) in [5.74, 6) is 0. The molecule has 1 N–H and O–H groups in total. The fourth-order valence-electron chi connectivity index (χ4n) is 4.16. The number of hydrogen-bond donors (Lipinski definition) is 1. The summed E-state index contributed by atoms with van der Waals surface area (Å²) < 4.78 is 12.1. The Morgan fingerprint density at radius 3 is 1.50 bits per heavy atom. The number of nitrogens with zero attached hydrogens (tertiary/aromatic N) is 1. The van der Waals surface area contributed by atoms with Gasteiger partial charge in [0.1, 0.15) is 7.60 Å². The Morgan fingerprint density at radius 1 is 0.654 bits per heavy atom. The van der Waals surface area contributed by atoms with Crippen molar-refractivity contribution in [3.8, 4) is 0 Å². The summed E-state index contributed by atoms with van der Waals surface area (Å²) in [5.41, 5.74) is 0. The molecule has 0 fully saturated rings. The van der Waals surface area contributed by atoms with Gasteiger partial charge in [0, 0.05) is 12.6 Å². The van der Waals surface area contributed by atoms with Gasteiger partial charge in [-0.25, -0.2) is 0 Å². The molecule has 0 radical (unpaired) electrons. The first kappa shape index (κ1) is 26.1. The third-order valence-electron chi connectivity index (χ3n) is 5.46. The van der Waals surface area contributed by atoms with Crippen LogP contribution in [-0.2, 0) is 4.57 Å². The summed E-state index contributed by atoms with van der Waals surface area (Å²) >= 11 is 0. The monoisotopic (exact) mass is 391 g/mol. The standard InChI is InChI=1S/C21H46NO3P/c1-4-7-8-9-10-11-12-13-14-15-19-22(17-5-2,18-6-3)20-16-21-26(23,24)25/h4-21H2,1-3H3,(H-,23,24,25). The lowest BCUT2D eigenvalue weighted by atomic mass is 10.1. The number of rotatable bonds is 19. The highest BCUT2D eigenvalue weighted by Gasteiger charge is 2.25. The Kier molecular flexibility index (Phi) is 16.2. The van der Waals surface area contributed by atoms with E-state index >= 15 is 0 Å². The Morgan fingerprint density at radius 2 is 1.08 bits per heavy atom. The van der Waals surface area contributed by atoms with Gasteiger partial charge < -0.3 is 18.8 Å². The Hall–Kier alpha value is 0.110. The van der Waals surface area contributed by atoms with Gasteiger partial charge in [0.2, 0.25) is 0 Å². The smallest absolute Gasteiger partial charge is 0.132 e. The highest BCUT2D eigenvalue weighted by Crippen LogP contribution is 2.30. The van der Waals surface area contributed by atoms with Crippen LogP contribution in [0.2, 0.25) is 0 Å². The molecule has 26 heavy (non-hydrogen) atoms. The molecule has 5 heteroatoms. The molecule has 0 aliphatic carbocycles. The molecule has 0 saturated carbocycles. The highest BCUT2D eigenvalue weighted by molar-refractivity contribution is 7.50. The van der Waals surface area contributed by atoms with E-state index in [-0.39, 0.29) is 6.16 Å². The van der Waals surface area contributed by atoms with Crippen LogP contribution in [0.5, 0.6) is 0 Å². The average Bonchev–Trinajstić information content (AvgIpc) is 2.56. The molecule has 0 aromatic carbocycles. The number of unbranched alkanes of at least 4 members (excludes halogenated alkanes) is 9. The van der Waals surface area contributed by atoms with E-state index in [0.29, 0.717) is 6.42 Å². The lowest BCUT2D eigenvalue weighted by Crippen LogP contribution is -2.50. The fourth-order valence-corrected chi connectivity index (χ4v) is 4.70. The van der Waals surface area contributed by atoms with Crippen molar-refractivity contribution in [2.45, 2.75) is 104 Å². The van der Waals surface area contributed by atoms with Gasteiger partial charge in [-0.1, -0.05) is 72.1 Å². The Labute approximate surface area is 163 Å². The van der Waals surface area contributed by atoms with Crippen LogP contribution in [0.15, 0.2) is 0 Å². The zero-order chi connectivity index (χ0) is 19.7. The molecule has 0 aromatic rings. The van der Waals surface area contributed by atoms with Crippen molar-refractivity contribution in [1.29, 1.82) is 0 Å². The largest absolute Gasteiger partial charge is 0.779 e. The molecule has 0 bridgehead atoms. The van der Waals surface area contributed by atoms with Crippen LogP contribution in [0.25, 0.3) is 0 Å². The maximum Gasteiger partial charge on any atom is 0.132 e. The molecule has 0 aliphatic heterocycles. The van der Waals surface area contributed by atoms with Crippen molar-refractivity contribution < 1.29 is 18.8 Å². The van der Waals surface area contributed by atoms with Crippen molar-refractivity contribution in [2.75, 3.05) is 32.3 Å². The Bertz CT molecular complexity index is 351. The molecule has 1 unspecified atom stereocenters. The van der Waals surface area contributed by atoms with E-state index in [1.807, 2.05) is 0 Å². The van der Waals surface area contributed by atoms with E-state index in [2.05, 4.69) is 20.8 Å². The molecule has 4 nitrogen and oxygen atoms in total. The van der Waals surface area contributed by atoms with Crippen LogP contribution < -0.4 is 4.89 Å². The first-order valence-corrected chi connectivity index (χ1v) is 13.0. The fraction of sp³-hybridized carbons (Fsp3) is 1.00. The maximum atomic E-state index is 11.1. The van der Waals surface area contributed by atoms with Gasteiger partial charge in [-0.2, -0.15) is 0 Å². The van der Waals surface area contributed by atoms with Gasteiger partial charge in [0.05, 0.1) is 26.2 Å². The molecule has 0 spiro atoms. The van der Waals surface area contributed by atoms with Gasteiger partial charge in [0.15, 0.2) is 0 Å². The van der Waals surface area contributed by atoms with Gasteiger partial charge in [-0.3, -0.25) is 0 Å². The summed E-state index contributed by atoms with van der Waals surface area (Å²) in [4.78, 5) is 20.1. The zero-order valence-electron chi connectivity index (χ0n) is 17.9. The van der Waals surface area contributed by atoms with E-state index in [1.165, 1.54) is 64.2 Å². The first-order chi connectivity index (χ1) is 12.4. The summed E-state index contributed by atoms with van der Waals surface area (Å²) in [6.45, 7) is 11.0. The molecule has 0 amide bonds.